The molecule has 3 aromatic rings. The van der Waals surface area contributed by atoms with Crippen LogP contribution in [0.15, 0.2) is 102 Å². The van der Waals surface area contributed by atoms with Crippen LogP contribution in [0.1, 0.15) is 35.4 Å². The first-order valence-corrected chi connectivity index (χ1v) is 12.0. The van der Waals surface area contributed by atoms with Gasteiger partial charge in [-0.25, -0.2) is 5.01 Å². The lowest BCUT2D eigenvalue weighted by atomic mass is 9.96. The molecule has 0 spiro atoms. The Bertz CT molecular complexity index is 1220. The summed E-state index contributed by atoms with van der Waals surface area (Å²) in [5.41, 5.74) is 4.24. The molecule has 0 aliphatic carbocycles. The molecule has 0 unspecified atom stereocenters. The van der Waals surface area contributed by atoms with Crippen LogP contribution in [0.4, 0.5) is 0 Å². The summed E-state index contributed by atoms with van der Waals surface area (Å²) in [5, 5.41) is 7.11. The van der Waals surface area contributed by atoms with E-state index in [9.17, 15) is 0 Å². The minimum Gasteiger partial charge on any atom is -0.490 e. The second kappa shape index (κ2) is 9.77. The average Bonchev–Trinajstić information content (AvgIpc) is 3.32. The standard InChI is InChI=1S/C28H25BrN2O3/c1-3-15-32-22-10-5-19(6-11-22)25-18-26-24-17-21(29)9-14-27(24)34-28(31(26)30-25)20-7-12-23(13-8-20)33-16-4-2/h3-14,17,26,28H,1-2,15-16,18H2/t26-,28-/m0/s1. The van der Waals surface area contributed by atoms with Crippen LogP contribution in [-0.2, 0) is 0 Å². The Labute approximate surface area is 208 Å². The second-order valence-corrected chi connectivity index (χ2v) is 9.01. The molecule has 0 aromatic heterocycles. The van der Waals surface area contributed by atoms with Crippen LogP contribution >= 0.6 is 15.9 Å². The summed E-state index contributed by atoms with van der Waals surface area (Å²) in [6.45, 7) is 8.35. The van der Waals surface area contributed by atoms with Gasteiger partial charge in [0.05, 0.1) is 11.8 Å². The highest BCUT2D eigenvalue weighted by atomic mass is 79.9. The molecular weight excluding hydrogens is 492 g/mol. The number of hydrogen-bond donors (Lipinski definition) is 0. The first kappa shape index (κ1) is 22.3. The SMILES string of the molecule is C=CCOc1ccc(C2=NN3[C@@H](C2)c2cc(Br)ccc2O[C@H]3c2ccc(OCC=C)cc2)cc1. The van der Waals surface area contributed by atoms with E-state index < -0.39 is 0 Å². The van der Waals surface area contributed by atoms with Gasteiger partial charge in [-0.3, -0.25) is 0 Å². The normalized spacial score (nSPS) is 18.3. The summed E-state index contributed by atoms with van der Waals surface area (Å²) < 4.78 is 18.8. The number of nitrogens with zero attached hydrogens (tertiary/aromatic N) is 2. The van der Waals surface area contributed by atoms with Gasteiger partial charge in [-0.15, -0.1) is 0 Å². The van der Waals surface area contributed by atoms with Crippen LogP contribution in [0.2, 0.25) is 0 Å². The average molecular weight is 517 g/mol. The van der Waals surface area contributed by atoms with Crippen molar-refractivity contribution in [1.82, 2.24) is 5.01 Å². The van der Waals surface area contributed by atoms with Crippen LogP contribution < -0.4 is 14.2 Å². The van der Waals surface area contributed by atoms with Gasteiger partial charge in [-0.05, 0) is 72.3 Å². The Morgan fingerprint density at radius 3 is 2.24 bits per heavy atom. The quantitative estimate of drug-likeness (QED) is 0.308. The van der Waals surface area contributed by atoms with Crippen molar-refractivity contribution < 1.29 is 14.2 Å². The molecule has 3 aromatic carbocycles. The lowest BCUT2D eigenvalue weighted by Gasteiger charge is -2.38. The summed E-state index contributed by atoms with van der Waals surface area (Å²) >= 11 is 3.61. The van der Waals surface area contributed by atoms with Gasteiger partial charge in [-0.1, -0.05) is 41.2 Å². The van der Waals surface area contributed by atoms with E-state index in [1.807, 2.05) is 48.5 Å². The number of fused-ring (bicyclic) bond motifs is 3. The molecule has 0 radical (unpaired) electrons. The van der Waals surface area contributed by atoms with Crippen molar-refractivity contribution in [2.45, 2.75) is 18.7 Å². The van der Waals surface area contributed by atoms with Gasteiger partial charge >= 0.3 is 0 Å². The van der Waals surface area contributed by atoms with E-state index in [2.05, 4.69) is 52.3 Å². The lowest BCUT2D eigenvalue weighted by molar-refractivity contribution is -0.0191. The van der Waals surface area contributed by atoms with Crippen LogP contribution in [-0.4, -0.2) is 23.9 Å². The van der Waals surface area contributed by atoms with Gasteiger partial charge in [0.25, 0.3) is 0 Å². The molecule has 0 saturated carbocycles. The molecule has 5 rings (SSSR count). The minimum atomic E-state index is -0.333. The highest BCUT2D eigenvalue weighted by Gasteiger charge is 2.41. The fraction of sp³-hybridized carbons (Fsp3) is 0.179. The van der Waals surface area contributed by atoms with Crippen LogP contribution in [0.5, 0.6) is 17.2 Å². The Kier molecular flexibility index (Phi) is 6.41. The molecule has 0 amide bonds. The van der Waals surface area contributed by atoms with Crippen molar-refractivity contribution in [3.05, 3.63) is 113 Å². The topological polar surface area (TPSA) is 43.3 Å². The van der Waals surface area contributed by atoms with Gasteiger partial charge in [0.1, 0.15) is 30.5 Å². The van der Waals surface area contributed by atoms with Gasteiger partial charge in [0.15, 0.2) is 0 Å². The molecule has 6 heteroatoms. The van der Waals surface area contributed by atoms with Crippen LogP contribution in [0, 0.1) is 0 Å². The predicted molar refractivity (Wildman–Crippen MR) is 138 cm³/mol. The summed E-state index contributed by atoms with van der Waals surface area (Å²) in [7, 11) is 0. The Morgan fingerprint density at radius 2 is 1.59 bits per heavy atom. The molecule has 0 bridgehead atoms. The van der Waals surface area contributed by atoms with Crippen LogP contribution in [0.25, 0.3) is 0 Å². The van der Waals surface area contributed by atoms with Crippen molar-refractivity contribution in [2.75, 3.05) is 13.2 Å². The zero-order chi connectivity index (χ0) is 23.5. The van der Waals surface area contributed by atoms with Crippen molar-refractivity contribution in [3.63, 3.8) is 0 Å². The Morgan fingerprint density at radius 1 is 0.941 bits per heavy atom. The monoisotopic (exact) mass is 516 g/mol. The largest absolute Gasteiger partial charge is 0.490 e. The van der Waals surface area contributed by atoms with Crippen molar-refractivity contribution in [3.8, 4) is 17.2 Å². The van der Waals surface area contributed by atoms with E-state index in [0.29, 0.717) is 13.2 Å². The smallest absolute Gasteiger partial charge is 0.213 e. The van der Waals surface area contributed by atoms with Gasteiger partial charge in [0, 0.05) is 22.0 Å². The van der Waals surface area contributed by atoms with E-state index in [1.165, 1.54) is 0 Å². The fourth-order valence-electron chi connectivity index (χ4n) is 4.24. The number of hydrazone groups is 1. The van der Waals surface area contributed by atoms with Crippen molar-refractivity contribution in [2.24, 2.45) is 5.10 Å². The Hall–Kier alpha value is -3.51. The molecule has 2 atom stereocenters. The number of rotatable bonds is 8. The summed E-state index contributed by atoms with van der Waals surface area (Å²) in [6.07, 6.45) is 3.92. The van der Waals surface area contributed by atoms with E-state index in [4.69, 9.17) is 19.3 Å². The second-order valence-electron chi connectivity index (χ2n) is 8.09. The first-order chi connectivity index (χ1) is 16.7. The van der Waals surface area contributed by atoms with E-state index in [-0.39, 0.29) is 12.3 Å². The maximum Gasteiger partial charge on any atom is 0.213 e. The molecular formula is C28H25BrN2O3. The highest BCUT2D eigenvalue weighted by molar-refractivity contribution is 9.10. The lowest BCUT2D eigenvalue weighted by Crippen LogP contribution is -2.33. The molecule has 34 heavy (non-hydrogen) atoms. The summed E-state index contributed by atoms with van der Waals surface area (Å²) in [4.78, 5) is 0. The van der Waals surface area contributed by atoms with Crippen LogP contribution in [0.3, 0.4) is 0 Å². The molecule has 0 fully saturated rings. The summed E-state index contributed by atoms with van der Waals surface area (Å²) in [5.74, 6) is 2.49. The molecule has 5 nitrogen and oxygen atoms in total. The molecule has 0 saturated heterocycles. The van der Waals surface area contributed by atoms with Gasteiger partial charge < -0.3 is 14.2 Å². The predicted octanol–water partition coefficient (Wildman–Crippen LogP) is 6.82. The molecule has 2 aliphatic heterocycles. The molecule has 2 heterocycles. The number of halogens is 1. The third-order valence-electron chi connectivity index (χ3n) is 5.84. The van der Waals surface area contributed by atoms with E-state index in [1.54, 1.807) is 12.2 Å². The number of hydrogen-bond acceptors (Lipinski definition) is 5. The zero-order valence-electron chi connectivity index (χ0n) is 18.7. The zero-order valence-corrected chi connectivity index (χ0v) is 20.3. The van der Waals surface area contributed by atoms with Crippen molar-refractivity contribution in [1.29, 1.82) is 0 Å². The minimum absolute atomic E-state index is 0.0784. The molecule has 0 N–H and O–H groups in total. The highest BCUT2D eigenvalue weighted by Crippen LogP contribution is 2.48. The number of ether oxygens (including phenoxy) is 3. The van der Waals surface area contributed by atoms with Gasteiger partial charge in [0.2, 0.25) is 6.23 Å². The number of benzene rings is 3. The summed E-state index contributed by atoms with van der Waals surface area (Å²) in [6, 6.07) is 22.3. The van der Waals surface area contributed by atoms with Crippen molar-refractivity contribution >= 4 is 21.6 Å². The molecule has 2 aliphatic rings. The third-order valence-corrected chi connectivity index (χ3v) is 6.33. The Balaban J connectivity index is 1.47. The van der Waals surface area contributed by atoms with E-state index in [0.717, 1.165) is 50.5 Å². The molecule has 172 valence electrons. The maximum absolute atomic E-state index is 6.47. The first-order valence-electron chi connectivity index (χ1n) is 11.2. The van der Waals surface area contributed by atoms with Gasteiger partial charge in [-0.2, -0.15) is 5.10 Å². The maximum atomic E-state index is 6.47. The van der Waals surface area contributed by atoms with E-state index >= 15 is 0 Å². The third kappa shape index (κ3) is 4.46. The fourth-order valence-corrected chi connectivity index (χ4v) is 4.61.